The number of anilines is 2. The van der Waals surface area contributed by atoms with Crippen LogP contribution in [0.15, 0.2) is 89.0 Å². The summed E-state index contributed by atoms with van der Waals surface area (Å²) in [6.45, 7) is 7.92. The molecule has 2 aromatic rings. The van der Waals surface area contributed by atoms with Crippen LogP contribution in [0, 0.1) is 11.8 Å². The first-order valence-corrected chi connectivity index (χ1v) is 9.89. The van der Waals surface area contributed by atoms with Crippen LogP contribution in [0.25, 0.3) is 0 Å². The molecule has 1 aliphatic carbocycles. The number of benzene rings is 2. The van der Waals surface area contributed by atoms with Gasteiger partial charge in [-0.3, -0.25) is 9.69 Å². The molecule has 4 nitrogen and oxygen atoms in total. The Morgan fingerprint density at radius 1 is 0.759 bits per heavy atom. The Kier molecular flexibility index (Phi) is 6.23. The Balaban J connectivity index is 2.06. The fraction of sp³-hybridized carbons (Fsp3) is 0.240. The zero-order chi connectivity index (χ0) is 21.0. The van der Waals surface area contributed by atoms with E-state index >= 15 is 0 Å². The summed E-state index contributed by atoms with van der Waals surface area (Å²) >= 11 is 0. The van der Waals surface area contributed by atoms with Gasteiger partial charge < -0.3 is 0 Å². The van der Waals surface area contributed by atoms with Gasteiger partial charge in [-0.1, -0.05) is 64.1 Å². The van der Waals surface area contributed by atoms with Crippen molar-refractivity contribution in [3.05, 3.63) is 84.0 Å². The molecule has 4 heteroatoms. The van der Waals surface area contributed by atoms with Gasteiger partial charge in [0.15, 0.2) is 5.78 Å². The van der Waals surface area contributed by atoms with Crippen molar-refractivity contribution in [1.29, 1.82) is 0 Å². The topological polar surface area (TPSA) is 49.7 Å². The van der Waals surface area contributed by atoms with Gasteiger partial charge in [0, 0.05) is 11.1 Å². The third-order valence-corrected chi connectivity index (χ3v) is 4.82. The molecule has 1 aliphatic rings. The lowest BCUT2D eigenvalue weighted by atomic mass is 9.84. The van der Waals surface area contributed by atoms with Crippen LogP contribution in [0.3, 0.4) is 0 Å². The van der Waals surface area contributed by atoms with Gasteiger partial charge >= 0.3 is 6.03 Å². The standard InChI is InChI=1S/C25H26N2O2/c1-17(2)22-15-19(16-23(18(3)4)24(22)28)26-25(29)27(20-11-7-5-8-12-20)21-13-9-6-10-14-21/h5-18H,1-4H3. The van der Waals surface area contributed by atoms with Crippen LogP contribution in [-0.4, -0.2) is 17.5 Å². The third-order valence-electron chi connectivity index (χ3n) is 4.82. The number of ketones is 1. The molecule has 0 atom stereocenters. The number of urea groups is 1. The van der Waals surface area contributed by atoms with Crippen LogP contribution < -0.4 is 4.90 Å². The minimum atomic E-state index is -0.398. The molecular weight excluding hydrogens is 360 g/mol. The Morgan fingerprint density at radius 2 is 1.17 bits per heavy atom. The predicted molar refractivity (Wildman–Crippen MR) is 119 cm³/mol. The van der Waals surface area contributed by atoms with Crippen LogP contribution in [0.2, 0.25) is 0 Å². The molecule has 0 spiro atoms. The van der Waals surface area contributed by atoms with Gasteiger partial charge in [-0.25, -0.2) is 4.79 Å². The highest BCUT2D eigenvalue weighted by atomic mass is 16.2. The predicted octanol–water partition coefficient (Wildman–Crippen LogP) is 6.13. The second-order valence-corrected chi connectivity index (χ2v) is 7.66. The van der Waals surface area contributed by atoms with E-state index in [1.807, 2.05) is 88.4 Å². The summed E-state index contributed by atoms with van der Waals surface area (Å²) in [6.07, 6.45) is 3.48. The fourth-order valence-electron chi connectivity index (χ4n) is 3.26. The zero-order valence-corrected chi connectivity index (χ0v) is 17.3. The van der Waals surface area contributed by atoms with Crippen LogP contribution >= 0.6 is 0 Å². The van der Waals surface area contributed by atoms with E-state index in [1.165, 1.54) is 0 Å². The molecule has 0 saturated carbocycles. The van der Waals surface area contributed by atoms with Crippen LogP contribution in [-0.2, 0) is 4.79 Å². The summed E-state index contributed by atoms with van der Waals surface area (Å²) in [5.41, 5.74) is 3.36. The average molecular weight is 386 g/mol. The van der Waals surface area contributed by atoms with E-state index in [1.54, 1.807) is 17.1 Å². The lowest BCUT2D eigenvalue weighted by Gasteiger charge is -2.22. The number of nitrogens with zero attached hydrogens (tertiary/aromatic N) is 2. The number of Topliss-reactive ketones (excluding diaryl/α,β-unsaturated/α-hetero) is 1. The Bertz CT molecular complexity index is 914. The maximum Gasteiger partial charge on any atom is 0.353 e. The summed E-state index contributed by atoms with van der Waals surface area (Å²) in [5.74, 6) is 0.165. The number of carbonyl (C=O) groups is 2. The number of aliphatic imine (C=N–C) groups is 1. The minimum Gasteiger partial charge on any atom is -0.289 e. The van der Waals surface area contributed by atoms with E-state index in [-0.39, 0.29) is 17.6 Å². The molecule has 0 N–H and O–H groups in total. The maximum atomic E-state index is 13.2. The van der Waals surface area contributed by atoms with Gasteiger partial charge in [-0.15, -0.1) is 0 Å². The molecule has 2 amide bonds. The number of amides is 2. The van der Waals surface area contributed by atoms with E-state index in [9.17, 15) is 9.59 Å². The largest absolute Gasteiger partial charge is 0.353 e. The van der Waals surface area contributed by atoms with E-state index in [0.717, 1.165) is 11.4 Å². The fourth-order valence-corrected chi connectivity index (χ4v) is 3.26. The number of hydrogen-bond acceptors (Lipinski definition) is 2. The average Bonchev–Trinajstić information content (AvgIpc) is 2.70. The molecule has 0 aliphatic heterocycles. The second kappa shape index (κ2) is 8.82. The van der Waals surface area contributed by atoms with E-state index in [0.29, 0.717) is 16.9 Å². The zero-order valence-electron chi connectivity index (χ0n) is 17.3. The summed E-state index contributed by atoms with van der Waals surface area (Å²) in [5, 5.41) is 0. The number of allylic oxidation sites excluding steroid dienone is 4. The molecular formula is C25H26N2O2. The van der Waals surface area contributed by atoms with Crippen molar-refractivity contribution in [1.82, 2.24) is 0 Å². The highest BCUT2D eigenvalue weighted by Crippen LogP contribution is 2.28. The van der Waals surface area contributed by atoms with Gasteiger partial charge in [-0.05, 0) is 48.3 Å². The first-order chi connectivity index (χ1) is 13.9. The molecule has 29 heavy (non-hydrogen) atoms. The van der Waals surface area contributed by atoms with Crippen molar-refractivity contribution < 1.29 is 9.59 Å². The van der Waals surface area contributed by atoms with E-state index in [2.05, 4.69) is 4.99 Å². The first-order valence-electron chi connectivity index (χ1n) is 9.89. The van der Waals surface area contributed by atoms with Crippen molar-refractivity contribution >= 4 is 28.9 Å². The summed E-state index contributed by atoms with van der Waals surface area (Å²) in [4.78, 5) is 31.9. The maximum absolute atomic E-state index is 13.2. The minimum absolute atomic E-state index is 0.0457. The Hall–Kier alpha value is -3.27. The summed E-state index contributed by atoms with van der Waals surface area (Å²) in [6, 6.07) is 18.5. The summed E-state index contributed by atoms with van der Waals surface area (Å²) in [7, 11) is 0. The highest BCUT2D eigenvalue weighted by Gasteiger charge is 2.26. The van der Waals surface area contributed by atoms with Crippen molar-refractivity contribution in [2.24, 2.45) is 16.8 Å². The van der Waals surface area contributed by atoms with Gasteiger partial charge in [0.25, 0.3) is 0 Å². The second-order valence-electron chi connectivity index (χ2n) is 7.66. The van der Waals surface area contributed by atoms with Crippen LogP contribution in [0.1, 0.15) is 27.7 Å². The molecule has 0 unspecified atom stereocenters. The third kappa shape index (κ3) is 4.60. The van der Waals surface area contributed by atoms with Gasteiger partial charge in [0.1, 0.15) is 0 Å². The molecule has 0 fully saturated rings. The molecule has 0 saturated heterocycles. The number of para-hydroxylation sites is 2. The smallest absolute Gasteiger partial charge is 0.289 e. The molecule has 0 bridgehead atoms. The molecule has 2 aromatic carbocycles. The molecule has 148 valence electrons. The molecule has 0 radical (unpaired) electrons. The van der Waals surface area contributed by atoms with Crippen LogP contribution in [0.4, 0.5) is 16.2 Å². The highest BCUT2D eigenvalue weighted by molar-refractivity contribution is 6.24. The number of hydrogen-bond donors (Lipinski definition) is 0. The molecule has 3 rings (SSSR count). The monoisotopic (exact) mass is 386 g/mol. The number of rotatable bonds is 4. The van der Waals surface area contributed by atoms with Crippen molar-refractivity contribution in [3.8, 4) is 0 Å². The van der Waals surface area contributed by atoms with Crippen LogP contribution in [0.5, 0.6) is 0 Å². The van der Waals surface area contributed by atoms with Crippen molar-refractivity contribution in [2.45, 2.75) is 27.7 Å². The molecule has 0 aromatic heterocycles. The Morgan fingerprint density at radius 3 is 1.55 bits per heavy atom. The van der Waals surface area contributed by atoms with Gasteiger partial charge in [0.05, 0.1) is 17.1 Å². The SMILES string of the molecule is CC(C)C1=CC(=NC(=O)N(c2ccccc2)c2ccccc2)C=C(C(C)C)C1=O. The summed E-state index contributed by atoms with van der Waals surface area (Å²) < 4.78 is 0. The number of carbonyl (C=O) groups excluding carboxylic acids is 2. The first kappa shape index (κ1) is 20.5. The lowest BCUT2D eigenvalue weighted by molar-refractivity contribution is -0.113. The quantitative estimate of drug-likeness (QED) is 0.593. The Labute approximate surface area is 172 Å². The normalized spacial score (nSPS) is 14.0. The lowest BCUT2D eigenvalue weighted by Crippen LogP contribution is -2.25. The van der Waals surface area contributed by atoms with E-state index < -0.39 is 6.03 Å². The molecule has 0 heterocycles. The van der Waals surface area contributed by atoms with Crippen molar-refractivity contribution in [3.63, 3.8) is 0 Å². The van der Waals surface area contributed by atoms with E-state index in [4.69, 9.17) is 0 Å². The van der Waals surface area contributed by atoms with Gasteiger partial charge in [-0.2, -0.15) is 4.99 Å². The van der Waals surface area contributed by atoms with Crippen molar-refractivity contribution in [2.75, 3.05) is 4.90 Å². The van der Waals surface area contributed by atoms with Gasteiger partial charge in [0.2, 0.25) is 0 Å².